The van der Waals surface area contributed by atoms with Crippen LogP contribution in [0, 0.1) is 12.8 Å². The number of benzene rings is 1. The van der Waals surface area contributed by atoms with Crippen molar-refractivity contribution in [2.45, 2.75) is 31.8 Å². The Morgan fingerprint density at radius 3 is 2.69 bits per heavy atom. The van der Waals surface area contributed by atoms with Crippen LogP contribution in [0.4, 0.5) is 0 Å². The number of fused-ring (bicyclic) bond motifs is 4. The van der Waals surface area contributed by atoms with Crippen LogP contribution in [-0.4, -0.2) is 54.6 Å². The molecule has 3 heterocycles. The lowest BCUT2D eigenvalue weighted by Gasteiger charge is -2.46. The van der Waals surface area contributed by atoms with Crippen molar-refractivity contribution < 1.29 is 9.53 Å². The second-order valence-corrected chi connectivity index (χ2v) is 8.53. The van der Waals surface area contributed by atoms with E-state index in [1.807, 2.05) is 18.2 Å². The summed E-state index contributed by atoms with van der Waals surface area (Å²) in [6.45, 7) is 4.60. The number of aromatic nitrogens is 1. The molecule has 3 atom stereocenters. The van der Waals surface area contributed by atoms with Crippen LogP contribution in [0.3, 0.4) is 0 Å². The number of likely N-dealkylation sites (N-methyl/N-ethyl adjacent to an activating group) is 1. The van der Waals surface area contributed by atoms with Crippen molar-refractivity contribution in [2.24, 2.45) is 5.92 Å². The van der Waals surface area contributed by atoms with E-state index in [0.29, 0.717) is 0 Å². The Balaban J connectivity index is 1.65. The number of nitrogens with zero attached hydrogens (tertiary/aromatic N) is 3. The zero-order valence-corrected chi connectivity index (χ0v) is 17.6. The van der Waals surface area contributed by atoms with Crippen molar-refractivity contribution in [2.75, 3.05) is 34.3 Å². The van der Waals surface area contributed by atoms with Gasteiger partial charge in [-0.2, -0.15) is 0 Å². The lowest BCUT2D eigenvalue weighted by Crippen LogP contribution is -2.52. The smallest absolute Gasteiger partial charge is 0.251 e. The normalized spacial score (nSPS) is 23.4. The number of pyridine rings is 1. The van der Waals surface area contributed by atoms with Crippen LogP contribution in [0.5, 0.6) is 5.75 Å². The quantitative estimate of drug-likeness (QED) is 0.798. The Labute approximate surface area is 171 Å². The predicted octanol–water partition coefficient (Wildman–Crippen LogP) is 2.41. The van der Waals surface area contributed by atoms with Crippen LogP contribution in [0.2, 0.25) is 0 Å². The van der Waals surface area contributed by atoms with Gasteiger partial charge in [0.2, 0.25) is 5.91 Å². The van der Waals surface area contributed by atoms with Crippen LogP contribution >= 0.6 is 0 Å². The molecule has 1 saturated heterocycles. The molecule has 1 amide bonds. The van der Waals surface area contributed by atoms with E-state index in [-0.39, 0.29) is 23.3 Å². The average molecular weight is 396 g/mol. The van der Waals surface area contributed by atoms with Crippen LogP contribution in [0.25, 0.3) is 0 Å². The number of piperidine rings is 1. The van der Waals surface area contributed by atoms with Crippen molar-refractivity contribution in [3.63, 3.8) is 0 Å². The van der Waals surface area contributed by atoms with Crippen LogP contribution in [0.15, 0.2) is 41.2 Å². The first kappa shape index (κ1) is 19.7. The van der Waals surface area contributed by atoms with Crippen LogP contribution in [-0.2, 0) is 11.3 Å². The van der Waals surface area contributed by atoms with E-state index in [1.165, 1.54) is 5.56 Å². The molecule has 1 fully saturated rings. The topological polar surface area (TPSA) is 54.8 Å². The highest BCUT2D eigenvalue weighted by atomic mass is 16.5. The molecule has 154 valence electrons. The standard InChI is InChI=1S/C23H29N3O3/c1-15-10-16(8-9-20(15)29-4)12-25-13-17-11-18(14-25)22(23(28)24(2)3)26-19(17)6-5-7-21(26)27/h5-10,17-18,22H,11-14H2,1-4H3/t17-,18+,22-/m1/s1. The fraction of sp³-hybridized carbons (Fsp3) is 0.478. The Morgan fingerprint density at radius 1 is 1.21 bits per heavy atom. The average Bonchev–Trinajstić information content (AvgIpc) is 2.68. The van der Waals surface area contributed by atoms with Crippen molar-refractivity contribution >= 4 is 5.91 Å². The highest BCUT2D eigenvalue weighted by Crippen LogP contribution is 2.42. The second kappa shape index (κ2) is 7.67. The molecule has 6 heteroatoms. The number of carbonyl (C=O) groups excluding carboxylic acids is 1. The number of rotatable bonds is 4. The summed E-state index contributed by atoms with van der Waals surface area (Å²) in [5.74, 6) is 1.31. The molecule has 2 aromatic rings. The molecule has 0 unspecified atom stereocenters. The number of aryl methyl sites for hydroxylation is 1. The van der Waals surface area contributed by atoms with Gasteiger partial charge in [0.1, 0.15) is 11.8 Å². The summed E-state index contributed by atoms with van der Waals surface area (Å²) in [6.07, 6.45) is 0.950. The molecular formula is C23H29N3O3. The van der Waals surface area contributed by atoms with Gasteiger partial charge in [0.15, 0.2) is 0 Å². The summed E-state index contributed by atoms with van der Waals surface area (Å²) in [4.78, 5) is 29.7. The molecule has 0 spiro atoms. The Kier molecular flexibility index (Phi) is 5.21. The van der Waals surface area contributed by atoms with Gasteiger partial charge < -0.3 is 9.64 Å². The van der Waals surface area contributed by atoms with Crippen molar-refractivity contribution in [3.8, 4) is 5.75 Å². The molecule has 0 saturated carbocycles. The summed E-state index contributed by atoms with van der Waals surface area (Å²) >= 11 is 0. The zero-order valence-electron chi connectivity index (χ0n) is 17.6. The van der Waals surface area contributed by atoms with E-state index in [4.69, 9.17) is 4.74 Å². The van der Waals surface area contributed by atoms with E-state index in [1.54, 1.807) is 36.7 Å². The summed E-state index contributed by atoms with van der Waals surface area (Å²) in [6, 6.07) is 11.3. The molecular weight excluding hydrogens is 366 g/mol. The van der Waals surface area contributed by atoms with Gasteiger partial charge in [-0.1, -0.05) is 18.2 Å². The lowest BCUT2D eigenvalue weighted by atomic mass is 9.78. The maximum Gasteiger partial charge on any atom is 0.251 e. The summed E-state index contributed by atoms with van der Waals surface area (Å²) in [5.41, 5.74) is 3.28. The molecule has 2 bridgehead atoms. The Bertz CT molecular complexity index is 982. The molecule has 1 aromatic heterocycles. The highest BCUT2D eigenvalue weighted by molar-refractivity contribution is 5.80. The van der Waals surface area contributed by atoms with Gasteiger partial charge in [-0.25, -0.2) is 0 Å². The number of methoxy groups -OCH3 is 1. The Hall–Kier alpha value is -2.60. The highest BCUT2D eigenvalue weighted by Gasteiger charge is 2.44. The largest absolute Gasteiger partial charge is 0.496 e. The van der Waals surface area contributed by atoms with E-state index in [2.05, 4.69) is 24.0 Å². The van der Waals surface area contributed by atoms with Gasteiger partial charge in [0, 0.05) is 57.3 Å². The molecule has 0 radical (unpaired) electrons. The summed E-state index contributed by atoms with van der Waals surface area (Å²) in [5, 5.41) is 0. The zero-order chi connectivity index (χ0) is 20.7. The van der Waals surface area contributed by atoms with E-state index >= 15 is 0 Å². The molecule has 6 nitrogen and oxygen atoms in total. The first-order chi connectivity index (χ1) is 13.9. The molecule has 0 N–H and O–H groups in total. The lowest BCUT2D eigenvalue weighted by molar-refractivity contribution is -0.135. The third-order valence-electron chi connectivity index (χ3n) is 6.28. The number of likely N-dealkylation sites (tertiary alicyclic amines) is 1. The number of amides is 1. The predicted molar refractivity (Wildman–Crippen MR) is 112 cm³/mol. The third-order valence-corrected chi connectivity index (χ3v) is 6.28. The van der Waals surface area contributed by atoms with Gasteiger partial charge >= 0.3 is 0 Å². The summed E-state index contributed by atoms with van der Waals surface area (Å²) < 4.78 is 7.14. The van der Waals surface area contributed by atoms with E-state index < -0.39 is 6.04 Å². The van der Waals surface area contributed by atoms with Crippen molar-refractivity contribution in [3.05, 3.63) is 63.6 Å². The van der Waals surface area contributed by atoms with Crippen molar-refractivity contribution in [1.82, 2.24) is 14.4 Å². The van der Waals surface area contributed by atoms with E-state index in [9.17, 15) is 9.59 Å². The Morgan fingerprint density at radius 2 is 2.00 bits per heavy atom. The molecule has 4 rings (SSSR count). The molecule has 2 aliphatic rings. The van der Waals surface area contributed by atoms with Crippen LogP contribution < -0.4 is 10.3 Å². The summed E-state index contributed by atoms with van der Waals surface area (Å²) in [7, 11) is 5.22. The van der Waals surface area contributed by atoms with Gasteiger partial charge in [0.25, 0.3) is 5.56 Å². The fourth-order valence-electron chi connectivity index (χ4n) is 5.04. The number of hydrogen-bond acceptors (Lipinski definition) is 4. The van der Waals surface area contributed by atoms with Gasteiger partial charge in [-0.3, -0.25) is 19.1 Å². The van der Waals surface area contributed by atoms with Gasteiger partial charge in [-0.15, -0.1) is 0 Å². The SMILES string of the molecule is COc1ccc(CN2C[C@H]3C[C@@H](C2)[C@H](C(=O)N(C)C)n2c3cccc2=O)cc1C. The van der Waals surface area contributed by atoms with E-state index in [0.717, 1.165) is 43.1 Å². The maximum atomic E-state index is 13.0. The molecule has 0 aliphatic carbocycles. The fourth-order valence-corrected chi connectivity index (χ4v) is 5.04. The first-order valence-corrected chi connectivity index (χ1v) is 10.2. The first-order valence-electron chi connectivity index (χ1n) is 10.2. The minimum absolute atomic E-state index is 0.00476. The third kappa shape index (κ3) is 3.57. The second-order valence-electron chi connectivity index (χ2n) is 8.53. The minimum Gasteiger partial charge on any atom is -0.496 e. The molecule has 1 aromatic carbocycles. The van der Waals surface area contributed by atoms with Crippen LogP contribution in [0.1, 0.15) is 35.2 Å². The maximum absolute atomic E-state index is 13.0. The van der Waals surface area contributed by atoms with Gasteiger partial charge in [-0.05, 0) is 36.6 Å². The molecule has 29 heavy (non-hydrogen) atoms. The minimum atomic E-state index is -0.426. The van der Waals surface area contributed by atoms with Gasteiger partial charge in [0.05, 0.1) is 7.11 Å². The number of hydrogen-bond donors (Lipinski definition) is 0. The monoisotopic (exact) mass is 395 g/mol. The number of carbonyl (C=O) groups is 1. The molecule has 2 aliphatic heterocycles. The number of ether oxygens (including phenoxy) is 1. The van der Waals surface area contributed by atoms with Crippen molar-refractivity contribution in [1.29, 1.82) is 0 Å².